The number of nitrogens with zero attached hydrogens (tertiary/aromatic N) is 1. The van der Waals surface area contributed by atoms with E-state index < -0.39 is 29.9 Å². The Hall–Kier alpha value is -2.71. The molecule has 2 bridgehead atoms. The highest BCUT2D eigenvalue weighted by atomic mass is 19.4. The van der Waals surface area contributed by atoms with Crippen molar-refractivity contribution in [1.29, 1.82) is 0 Å². The van der Waals surface area contributed by atoms with Crippen LogP contribution >= 0.6 is 0 Å². The third-order valence-electron chi connectivity index (χ3n) is 8.65. The fourth-order valence-electron chi connectivity index (χ4n) is 6.66. The van der Waals surface area contributed by atoms with E-state index >= 15 is 0 Å². The third-order valence-corrected chi connectivity index (χ3v) is 8.65. The van der Waals surface area contributed by atoms with E-state index in [0.29, 0.717) is 16.6 Å². The van der Waals surface area contributed by atoms with Crippen molar-refractivity contribution in [3.05, 3.63) is 48.0 Å². The molecular weight excluding hydrogens is 508 g/mol. The van der Waals surface area contributed by atoms with E-state index in [2.05, 4.69) is 11.5 Å². The zero-order chi connectivity index (χ0) is 27.4. The second-order valence-corrected chi connectivity index (χ2v) is 11.0. The Morgan fingerprint density at radius 2 is 1.53 bits per heavy atom. The normalized spacial score (nSPS) is 28.0. The minimum Gasteiger partial charge on any atom is -0.490 e. The predicted molar refractivity (Wildman–Crippen MR) is 132 cm³/mol. The van der Waals surface area contributed by atoms with Gasteiger partial charge in [-0.3, -0.25) is 4.79 Å². The molecule has 0 spiro atoms. The number of hydrogen-bond donors (Lipinski definition) is 0. The molecule has 0 aromatic heterocycles. The summed E-state index contributed by atoms with van der Waals surface area (Å²) in [6, 6.07) is 7.97. The van der Waals surface area contributed by atoms with Crippen LogP contribution in [0.4, 0.5) is 26.3 Å². The maximum atomic E-state index is 14.4. The number of carbonyl (C=O) groups excluding carboxylic acids is 1. The number of ether oxygens (including phenoxy) is 1. The lowest BCUT2D eigenvalue weighted by Crippen LogP contribution is -2.42. The smallest absolute Gasteiger partial charge is 0.420 e. The molecule has 2 aromatic carbocycles. The van der Waals surface area contributed by atoms with Gasteiger partial charge >= 0.3 is 12.4 Å². The molecule has 1 saturated carbocycles. The Bertz CT molecular complexity index is 1210. The monoisotopic (exact) mass is 539 g/mol. The van der Waals surface area contributed by atoms with Gasteiger partial charge in [0.1, 0.15) is 17.1 Å². The molecule has 2 saturated heterocycles. The third kappa shape index (κ3) is 5.13. The van der Waals surface area contributed by atoms with Crippen molar-refractivity contribution in [2.75, 3.05) is 0 Å². The molecule has 38 heavy (non-hydrogen) atoms. The molecule has 3 aliphatic rings. The molecule has 1 aliphatic carbocycles. The van der Waals surface area contributed by atoms with Gasteiger partial charge in [0.25, 0.3) is 0 Å². The summed E-state index contributed by atoms with van der Waals surface area (Å²) in [6.45, 7) is 5.85. The number of Topliss-reactive ketones (excluding diaryl/α,β-unsaturated/α-hetero) is 1. The molecule has 2 aliphatic heterocycles. The minimum absolute atomic E-state index is 0.0101. The Balaban J connectivity index is 1.43. The fraction of sp³-hybridized carbons (Fsp3) is 0.552. The molecule has 0 N–H and O–H groups in total. The van der Waals surface area contributed by atoms with Gasteiger partial charge in [0.05, 0.1) is 12.0 Å². The van der Waals surface area contributed by atoms with E-state index in [1.807, 2.05) is 0 Å². The molecule has 5 rings (SSSR count). The van der Waals surface area contributed by atoms with Crippen LogP contribution in [0.3, 0.4) is 0 Å². The highest BCUT2D eigenvalue weighted by Gasteiger charge is 2.44. The van der Waals surface area contributed by atoms with Crippen molar-refractivity contribution in [2.24, 2.45) is 11.8 Å². The molecule has 0 amide bonds. The zero-order valence-corrected chi connectivity index (χ0v) is 21.2. The Labute approximate surface area is 217 Å². The van der Waals surface area contributed by atoms with Crippen LogP contribution in [0.1, 0.15) is 69.4 Å². The number of carbonyl (C=O) groups is 1. The average Bonchev–Trinajstić information content (AvgIpc) is 3.10. The van der Waals surface area contributed by atoms with Gasteiger partial charge in [-0.25, -0.2) is 0 Å². The van der Waals surface area contributed by atoms with Crippen LogP contribution in [0.5, 0.6) is 5.75 Å². The lowest BCUT2D eigenvalue weighted by molar-refractivity contribution is -0.185. The molecule has 206 valence electrons. The first-order chi connectivity index (χ1) is 17.8. The van der Waals surface area contributed by atoms with E-state index in [1.165, 1.54) is 12.1 Å². The van der Waals surface area contributed by atoms with Crippen LogP contribution in [0.2, 0.25) is 0 Å². The first kappa shape index (κ1) is 26.9. The first-order valence-electron chi connectivity index (χ1n) is 13.2. The summed E-state index contributed by atoms with van der Waals surface area (Å²) in [5, 5.41) is 0.365. The van der Waals surface area contributed by atoms with Crippen molar-refractivity contribution in [3.8, 4) is 5.75 Å². The number of hydrogen-bond acceptors (Lipinski definition) is 3. The van der Waals surface area contributed by atoms with Crippen LogP contribution < -0.4 is 4.74 Å². The van der Waals surface area contributed by atoms with Crippen LogP contribution in [0, 0.1) is 11.8 Å². The summed E-state index contributed by atoms with van der Waals surface area (Å²) in [7, 11) is 0. The van der Waals surface area contributed by atoms with Crippen LogP contribution in [0.25, 0.3) is 16.5 Å². The standard InChI is InChI=1S/C29H31F6NO2/c1-16(36-22-8-9-23(36)14-20(13-22)17(2)37)19-4-3-18-5-12-26(27(25(18)15-19)29(33,34)35)38-24-10-6-21(7-11-24)28(30,31)32/h3-5,12,15,20-24H,1,6-11,13-14H2,2H3. The summed E-state index contributed by atoms with van der Waals surface area (Å²) >= 11 is 0. The number of benzene rings is 2. The largest absolute Gasteiger partial charge is 0.490 e. The Morgan fingerprint density at radius 3 is 2.08 bits per heavy atom. The van der Waals surface area contributed by atoms with Gasteiger partial charge in [0, 0.05) is 23.7 Å². The number of halogens is 6. The Morgan fingerprint density at radius 1 is 0.921 bits per heavy atom. The van der Waals surface area contributed by atoms with Gasteiger partial charge in [0.15, 0.2) is 0 Å². The maximum absolute atomic E-state index is 14.4. The van der Waals surface area contributed by atoms with Crippen molar-refractivity contribution in [1.82, 2.24) is 4.90 Å². The van der Waals surface area contributed by atoms with Gasteiger partial charge in [-0.05, 0) is 86.8 Å². The van der Waals surface area contributed by atoms with Gasteiger partial charge in [-0.2, -0.15) is 26.3 Å². The van der Waals surface area contributed by atoms with E-state index in [1.54, 1.807) is 25.1 Å². The number of alkyl halides is 6. The van der Waals surface area contributed by atoms with Crippen molar-refractivity contribution in [3.63, 3.8) is 0 Å². The molecule has 2 heterocycles. The summed E-state index contributed by atoms with van der Waals surface area (Å²) < 4.78 is 88.0. The van der Waals surface area contributed by atoms with Crippen LogP contribution in [-0.4, -0.2) is 35.0 Å². The summed E-state index contributed by atoms with van der Waals surface area (Å²) in [5.41, 5.74) is 0.302. The van der Waals surface area contributed by atoms with Gasteiger partial charge in [-0.1, -0.05) is 24.8 Å². The second kappa shape index (κ2) is 9.79. The molecule has 2 aromatic rings. The molecule has 0 radical (unpaired) electrons. The van der Waals surface area contributed by atoms with Gasteiger partial charge in [-0.15, -0.1) is 0 Å². The fourth-order valence-corrected chi connectivity index (χ4v) is 6.66. The lowest BCUT2D eigenvalue weighted by atomic mass is 9.87. The Kier molecular flexibility index (Phi) is 6.93. The molecule has 3 fully saturated rings. The van der Waals surface area contributed by atoms with E-state index in [9.17, 15) is 31.1 Å². The molecule has 3 nitrogen and oxygen atoms in total. The number of piperidine rings is 1. The SMILES string of the molecule is C=C(c1ccc2ccc(OC3CCC(C(F)(F)F)CC3)c(C(F)(F)F)c2c1)N1C2CCC1CC(C(C)=O)C2. The first-order valence-corrected chi connectivity index (χ1v) is 13.2. The minimum atomic E-state index is -4.73. The van der Waals surface area contributed by atoms with E-state index in [4.69, 9.17) is 4.74 Å². The number of ketones is 1. The number of rotatable bonds is 5. The quantitative estimate of drug-likeness (QED) is 0.359. The van der Waals surface area contributed by atoms with E-state index in [0.717, 1.165) is 25.7 Å². The molecule has 9 heteroatoms. The molecule has 2 unspecified atom stereocenters. The second-order valence-electron chi connectivity index (χ2n) is 11.0. The highest BCUT2D eigenvalue weighted by molar-refractivity contribution is 5.91. The van der Waals surface area contributed by atoms with Crippen molar-refractivity contribution < 1.29 is 35.9 Å². The summed E-state index contributed by atoms with van der Waals surface area (Å²) in [5.74, 6) is -1.61. The summed E-state index contributed by atoms with van der Waals surface area (Å²) in [4.78, 5) is 14.1. The van der Waals surface area contributed by atoms with Crippen molar-refractivity contribution >= 4 is 22.3 Å². The highest BCUT2D eigenvalue weighted by Crippen LogP contribution is 2.46. The van der Waals surface area contributed by atoms with Gasteiger partial charge in [0.2, 0.25) is 0 Å². The van der Waals surface area contributed by atoms with E-state index in [-0.39, 0.29) is 60.6 Å². The lowest BCUT2D eigenvalue weighted by Gasteiger charge is -2.41. The maximum Gasteiger partial charge on any atom is 0.420 e. The zero-order valence-electron chi connectivity index (χ0n) is 21.2. The molecular formula is C29H31F6NO2. The topological polar surface area (TPSA) is 29.5 Å². The molecule has 2 atom stereocenters. The predicted octanol–water partition coefficient (Wildman–Crippen LogP) is 8.16. The average molecular weight is 540 g/mol. The number of fused-ring (bicyclic) bond motifs is 3. The van der Waals surface area contributed by atoms with Crippen LogP contribution in [0.15, 0.2) is 36.9 Å². The van der Waals surface area contributed by atoms with Crippen molar-refractivity contribution in [2.45, 2.75) is 88.8 Å². The van der Waals surface area contributed by atoms with Crippen LogP contribution in [-0.2, 0) is 11.0 Å². The van der Waals surface area contributed by atoms with Gasteiger partial charge < -0.3 is 9.64 Å². The summed E-state index contributed by atoms with van der Waals surface area (Å²) in [6.07, 6.45) is -6.66.